The fraction of sp³-hybridized carbons (Fsp3) is 0.534. The minimum absolute atomic E-state index is 0.130. The molecule has 0 aliphatic heterocycles. The van der Waals surface area contributed by atoms with E-state index < -0.39 is 5.97 Å². The highest BCUT2D eigenvalue weighted by atomic mass is 32.1. The molecular formula is C58H75N3O8S. The Balaban J connectivity index is 0.938. The van der Waals surface area contributed by atoms with Crippen LogP contribution in [0, 0.1) is 29.6 Å². The number of hydrogen-bond donors (Lipinski definition) is 0. The van der Waals surface area contributed by atoms with Crippen LogP contribution < -0.4 is 19.2 Å². The predicted octanol–water partition coefficient (Wildman–Crippen LogP) is 13.6. The van der Waals surface area contributed by atoms with Crippen molar-refractivity contribution in [3.63, 3.8) is 0 Å². The molecule has 0 saturated heterocycles. The molecule has 3 aliphatic rings. The lowest BCUT2D eigenvalue weighted by atomic mass is 9.68. The molecule has 12 heteroatoms. The largest absolute Gasteiger partial charge is 0.494 e. The molecule has 1 heterocycles. The van der Waals surface area contributed by atoms with Crippen LogP contribution >= 0.6 is 11.3 Å². The zero-order valence-corrected chi connectivity index (χ0v) is 42.3. The van der Waals surface area contributed by atoms with Crippen LogP contribution in [-0.4, -0.2) is 62.1 Å². The molecule has 0 bridgehead atoms. The summed E-state index contributed by atoms with van der Waals surface area (Å²) in [4.78, 5) is 41.3. The van der Waals surface area contributed by atoms with E-state index in [4.69, 9.17) is 33.8 Å². The van der Waals surface area contributed by atoms with Gasteiger partial charge in [0, 0.05) is 17.7 Å². The van der Waals surface area contributed by atoms with Gasteiger partial charge < -0.3 is 23.7 Å². The Morgan fingerprint density at radius 3 is 2.07 bits per heavy atom. The van der Waals surface area contributed by atoms with Crippen LogP contribution in [0.3, 0.4) is 0 Å². The number of nitrogens with zero attached hydrogens (tertiary/aromatic N) is 3. The van der Waals surface area contributed by atoms with Crippen molar-refractivity contribution in [1.29, 1.82) is 0 Å². The standard InChI is InChI=1S/C58H75N3O8S/c1-4-7-14-42-17-21-44(22-18-42)45-25-27-46(28-26-45)48-29-34-53(49(39-48)40-59-61(35-38-67-56(63)6-3)58-60-52-15-10-11-16-54(52)70-58)68-41-43-19-23-47(24-20-43)57(64)69-51-32-30-50(31-33-51)65-36-12-8-9-13-37-66-55(62)5-2/h5-6,10-11,15-16,29-34,39-40,42-47H,2-4,7-9,12-14,17-28,35-38,41H2,1H3/b59-40+. The lowest BCUT2D eigenvalue weighted by molar-refractivity contribution is -0.140. The smallest absolute Gasteiger partial charge is 0.330 e. The summed E-state index contributed by atoms with van der Waals surface area (Å²) in [5.41, 5.74) is 3.13. The van der Waals surface area contributed by atoms with Gasteiger partial charge in [-0.25, -0.2) is 19.6 Å². The van der Waals surface area contributed by atoms with E-state index in [1.165, 1.54) is 88.3 Å². The van der Waals surface area contributed by atoms with Gasteiger partial charge in [0.1, 0.15) is 23.9 Å². The first kappa shape index (κ1) is 52.3. The van der Waals surface area contributed by atoms with E-state index >= 15 is 0 Å². The number of unbranched alkanes of at least 4 members (excludes halogenated alkanes) is 4. The number of esters is 3. The van der Waals surface area contributed by atoms with Gasteiger partial charge in [-0.05, 0) is 174 Å². The molecule has 0 radical (unpaired) electrons. The van der Waals surface area contributed by atoms with Crippen LogP contribution in [0.4, 0.5) is 5.13 Å². The van der Waals surface area contributed by atoms with Crippen molar-refractivity contribution < 1.29 is 38.1 Å². The third-order valence-electron chi connectivity index (χ3n) is 14.8. The molecule has 70 heavy (non-hydrogen) atoms. The van der Waals surface area contributed by atoms with Crippen molar-refractivity contribution in [2.24, 2.45) is 34.7 Å². The summed E-state index contributed by atoms with van der Waals surface area (Å²) in [6.07, 6.45) is 25.9. The van der Waals surface area contributed by atoms with E-state index in [-0.39, 0.29) is 24.5 Å². The van der Waals surface area contributed by atoms with Crippen LogP contribution in [0.2, 0.25) is 0 Å². The maximum absolute atomic E-state index is 13.3. The number of anilines is 1. The Morgan fingerprint density at radius 2 is 1.37 bits per heavy atom. The molecule has 3 saturated carbocycles. The molecule has 0 N–H and O–H groups in total. The molecule has 376 valence electrons. The highest BCUT2D eigenvalue weighted by Crippen LogP contribution is 2.45. The van der Waals surface area contributed by atoms with Crippen molar-refractivity contribution in [3.05, 3.63) is 103 Å². The Kier molecular flexibility index (Phi) is 20.8. The number of hydrazone groups is 1. The summed E-state index contributed by atoms with van der Waals surface area (Å²) >= 11 is 1.55. The molecular weight excluding hydrogens is 899 g/mol. The van der Waals surface area contributed by atoms with Gasteiger partial charge >= 0.3 is 17.9 Å². The molecule has 4 aromatic rings. The Bertz CT molecular complexity index is 2270. The lowest BCUT2D eigenvalue weighted by Gasteiger charge is -2.38. The van der Waals surface area contributed by atoms with Gasteiger partial charge in [0.15, 0.2) is 0 Å². The first-order valence-electron chi connectivity index (χ1n) is 26.2. The average molecular weight is 974 g/mol. The van der Waals surface area contributed by atoms with Gasteiger partial charge in [0.2, 0.25) is 5.13 Å². The number of rotatable bonds is 26. The number of ether oxygens (including phenoxy) is 5. The van der Waals surface area contributed by atoms with Crippen LogP contribution in [0.25, 0.3) is 10.2 Å². The van der Waals surface area contributed by atoms with Crippen molar-refractivity contribution in [3.8, 4) is 17.2 Å². The minimum Gasteiger partial charge on any atom is -0.494 e. The second kappa shape index (κ2) is 27.8. The van der Waals surface area contributed by atoms with E-state index in [9.17, 15) is 14.4 Å². The molecule has 3 aromatic carbocycles. The number of carbonyl (C=O) groups excluding carboxylic acids is 3. The van der Waals surface area contributed by atoms with Gasteiger partial charge in [-0.3, -0.25) is 4.79 Å². The molecule has 0 amide bonds. The topological polar surface area (TPSA) is 126 Å². The molecule has 0 spiro atoms. The summed E-state index contributed by atoms with van der Waals surface area (Å²) in [5, 5.41) is 7.53. The summed E-state index contributed by atoms with van der Waals surface area (Å²) in [5.74, 6) is 4.28. The Morgan fingerprint density at radius 1 is 0.714 bits per heavy atom. The van der Waals surface area contributed by atoms with Crippen molar-refractivity contribution in [1.82, 2.24) is 4.98 Å². The number of carbonyl (C=O) groups is 3. The van der Waals surface area contributed by atoms with E-state index in [0.29, 0.717) is 49.1 Å². The van der Waals surface area contributed by atoms with Gasteiger partial charge in [0.05, 0.1) is 48.7 Å². The molecule has 1 aromatic heterocycles. The molecule has 0 unspecified atom stereocenters. The van der Waals surface area contributed by atoms with Crippen molar-refractivity contribution in [2.45, 2.75) is 135 Å². The highest BCUT2D eigenvalue weighted by Gasteiger charge is 2.32. The monoisotopic (exact) mass is 974 g/mol. The molecule has 11 nitrogen and oxygen atoms in total. The first-order chi connectivity index (χ1) is 34.3. The maximum atomic E-state index is 13.3. The second-order valence-corrected chi connectivity index (χ2v) is 20.6. The second-order valence-electron chi connectivity index (χ2n) is 19.6. The fourth-order valence-corrected chi connectivity index (χ4v) is 11.5. The summed E-state index contributed by atoms with van der Waals surface area (Å²) in [7, 11) is 0. The van der Waals surface area contributed by atoms with Crippen LogP contribution in [-0.2, 0) is 23.9 Å². The molecule has 7 rings (SSSR count). The number of hydrogen-bond acceptors (Lipinski definition) is 12. The van der Waals surface area contributed by atoms with Crippen LogP contribution in [0.15, 0.2) is 97.1 Å². The summed E-state index contributed by atoms with van der Waals surface area (Å²) in [6.45, 7) is 11.2. The maximum Gasteiger partial charge on any atom is 0.330 e. The number of benzene rings is 3. The summed E-state index contributed by atoms with van der Waals surface area (Å²) < 4.78 is 29.9. The van der Waals surface area contributed by atoms with Crippen molar-refractivity contribution in [2.75, 3.05) is 38.0 Å². The van der Waals surface area contributed by atoms with E-state index in [2.05, 4.69) is 38.3 Å². The Hall–Kier alpha value is -5.49. The zero-order valence-electron chi connectivity index (χ0n) is 41.4. The summed E-state index contributed by atoms with van der Waals surface area (Å²) in [6, 6.07) is 21.9. The van der Waals surface area contributed by atoms with E-state index in [1.807, 2.05) is 47.6 Å². The van der Waals surface area contributed by atoms with E-state index in [0.717, 1.165) is 96.4 Å². The Labute approximate surface area is 420 Å². The fourth-order valence-electron chi connectivity index (χ4n) is 10.6. The number of para-hydroxylation sites is 1. The predicted molar refractivity (Wildman–Crippen MR) is 280 cm³/mol. The van der Waals surface area contributed by atoms with Gasteiger partial charge in [-0.2, -0.15) is 5.10 Å². The van der Waals surface area contributed by atoms with Crippen LogP contribution in [0.5, 0.6) is 17.2 Å². The van der Waals surface area contributed by atoms with Crippen molar-refractivity contribution >= 4 is 50.8 Å². The highest BCUT2D eigenvalue weighted by molar-refractivity contribution is 7.22. The van der Waals surface area contributed by atoms with Gasteiger partial charge in [-0.15, -0.1) is 0 Å². The molecule has 3 aliphatic carbocycles. The molecule has 0 atom stereocenters. The van der Waals surface area contributed by atoms with E-state index in [1.54, 1.807) is 23.5 Å². The van der Waals surface area contributed by atoms with Gasteiger partial charge in [-0.1, -0.05) is 81.7 Å². The van der Waals surface area contributed by atoms with Crippen LogP contribution in [0.1, 0.15) is 146 Å². The SMILES string of the molecule is C=CC(=O)OCCCCCCOc1ccc(OC(=O)C2CCC(COc3ccc(C4CCC(C5CCC(CCCC)CC5)CC4)cc3/C=N/N(CCOC(=O)C=C)c3nc4ccccc4s3)CC2)cc1. The number of thiazole rings is 1. The molecule has 3 fully saturated rings. The lowest BCUT2D eigenvalue weighted by Crippen LogP contribution is -2.27. The first-order valence-corrected chi connectivity index (χ1v) is 27.1. The number of fused-ring (bicyclic) bond motifs is 1. The third kappa shape index (κ3) is 16.0. The third-order valence-corrected chi connectivity index (χ3v) is 15.8. The minimum atomic E-state index is -0.476. The number of aromatic nitrogens is 1. The normalized spacial score (nSPS) is 21.4. The quantitative estimate of drug-likeness (QED) is 0.0150. The van der Waals surface area contributed by atoms with Gasteiger partial charge in [0.25, 0.3) is 0 Å². The average Bonchev–Trinajstić information content (AvgIpc) is 3.84. The zero-order chi connectivity index (χ0) is 48.9.